The van der Waals surface area contributed by atoms with Gasteiger partial charge in [-0.15, -0.1) is 0 Å². The molecule has 5 heteroatoms. The van der Waals surface area contributed by atoms with Gasteiger partial charge >= 0.3 is 11.8 Å². The first-order valence-corrected chi connectivity index (χ1v) is 7.35. The molecule has 2 aromatic carbocycles. The van der Waals surface area contributed by atoms with Crippen molar-refractivity contribution in [1.29, 1.82) is 0 Å². The van der Waals surface area contributed by atoms with Gasteiger partial charge in [0.15, 0.2) is 0 Å². The highest BCUT2D eigenvalue weighted by Gasteiger charge is 2.15. The Morgan fingerprint density at radius 2 is 1.64 bits per heavy atom. The highest BCUT2D eigenvalue weighted by atomic mass is 35.5. The number of rotatable bonds is 3. The molecule has 2 aromatic rings. The van der Waals surface area contributed by atoms with E-state index in [1.54, 1.807) is 37.3 Å². The SMILES string of the molecule is CCc1ccc(NC(=O)C(=O)Nc2cccc(Cl)c2C)cc1. The van der Waals surface area contributed by atoms with E-state index in [2.05, 4.69) is 10.6 Å². The molecule has 4 nitrogen and oxygen atoms in total. The van der Waals surface area contributed by atoms with Crippen molar-refractivity contribution in [2.75, 3.05) is 10.6 Å². The molecule has 114 valence electrons. The molecule has 0 spiro atoms. The molecule has 0 aliphatic heterocycles. The van der Waals surface area contributed by atoms with Gasteiger partial charge in [0.2, 0.25) is 0 Å². The van der Waals surface area contributed by atoms with E-state index in [0.29, 0.717) is 16.4 Å². The van der Waals surface area contributed by atoms with Crippen LogP contribution in [0.25, 0.3) is 0 Å². The lowest BCUT2D eigenvalue weighted by Crippen LogP contribution is -2.29. The molecule has 2 amide bonds. The number of benzene rings is 2. The van der Waals surface area contributed by atoms with E-state index in [1.807, 2.05) is 19.1 Å². The van der Waals surface area contributed by atoms with Crippen LogP contribution in [0.4, 0.5) is 11.4 Å². The summed E-state index contributed by atoms with van der Waals surface area (Å²) in [5.74, 6) is -1.45. The first kappa shape index (κ1) is 16.0. The van der Waals surface area contributed by atoms with Crippen molar-refractivity contribution >= 4 is 34.8 Å². The van der Waals surface area contributed by atoms with Crippen LogP contribution < -0.4 is 10.6 Å². The summed E-state index contributed by atoms with van der Waals surface area (Å²) in [6.07, 6.45) is 0.919. The van der Waals surface area contributed by atoms with Gasteiger partial charge in [0.1, 0.15) is 0 Å². The minimum Gasteiger partial charge on any atom is -0.318 e. The monoisotopic (exact) mass is 316 g/mol. The van der Waals surface area contributed by atoms with Gasteiger partial charge in [-0.2, -0.15) is 0 Å². The second-order valence-electron chi connectivity index (χ2n) is 4.87. The molecule has 0 saturated carbocycles. The van der Waals surface area contributed by atoms with Gasteiger partial charge in [0.05, 0.1) is 0 Å². The van der Waals surface area contributed by atoms with E-state index < -0.39 is 11.8 Å². The maximum Gasteiger partial charge on any atom is 0.314 e. The maximum atomic E-state index is 11.9. The Balaban J connectivity index is 2.02. The lowest BCUT2D eigenvalue weighted by Gasteiger charge is -2.10. The first-order chi connectivity index (χ1) is 10.5. The molecule has 2 rings (SSSR count). The summed E-state index contributed by atoms with van der Waals surface area (Å²) >= 11 is 5.98. The number of amides is 2. The minimum atomic E-state index is -0.732. The van der Waals surface area contributed by atoms with Crippen LogP contribution in [0, 0.1) is 6.92 Å². The summed E-state index contributed by atoms with van der Waals surface area (Å²) in [7, 11) is 0. The van der Waals surface area contributed by atoms with Gasteiger partial charge in [-0.05, 0) is 48.7 Å². The van der Waals surface area contributed by atoms with Crippen molar-refractivity contribution in [3.05, 3.63) is 58.6 Å². The van der Waals surface area contributed by atoms with Crippen molar-refractivity contribution in [1.82, 2.24) is 0 Å². The average Bonchev–Trinajstić information content (AvgIpc) is 2.52. The number of halogens is 1. The number of aryl methyl sites for hydroxylation is 1. The Morgan fingerprint density at radius 1 is 1.00 bits per heavy atom. The van der Waals surface area contributed by atoms with E-state index in [0.717, 1.165) is 17.5 Å². The van der Waals surface area contributed by atoms with Gasteiger partial charge < -0.3 is 10.6 Å². The quantitative estimate of drug-likeness (QED) is 0.846. The van der Waals surface area contributed by atoms with E-state index in [-0.39, 0.29) is 0 Å². The summed E-state index contributed by atoms with van der Waals surface area (Å²) in [6.45, 7) is 3.83. The van der Waals surface area contributed by atoms with Gasteiger partial charge in [0, 0.05) is 16.4 Å². The zero-order chi connectivity index (χ0) is 16.1. The Kier molecular flexibility index (Phi) is 5.17. The van der Waals surface area contributed by atoms with Gasteiger partial charge in [-0.3, -0.25) is 9.59 Å². The molecule has 0 aliphatic carbocycles. The Labute approximate surface area is 134 Å². The number of hydrogen-bond acceptors (Lipinski definition) is 2. The molecular weight excluding hydrogens is 300 g/mol. The van der Waals surface area contributed by atoms with Crippen LogP contribution >= 0.6 is 11.6 Å². The fourth-order valence-corrected chi connectivity index (χ4v) is 2.11. The molecule has 0 heterocycles. The Bertz CT molecular complexity index is 696. The lowest BCUT2D eigenvalue weighted by molar-refractivity contribution is -0.133. The maximum absolute atomic E-state index is 11.9. The lowest BCUT2D eigenvalue weighted by atomic mass is 10.1. The van der Waals surface area contributed by atoms with Crippen LogP contribution in [0.1, 0.15) is 18.1 Å². The van der Waals surface area contributed by atoms with Crippen LogP contribution in [0.15, 0.2) is 42.5 Å². The second kappa shape index (κ2) is 7.09. The predicted molar refractivity (Wildman–Crippen MR) is 89.3 cm³/mol. The van der Waals surface area contributed by atoms with Crippen LogP contribution in [0.2, 0.25) is 5.02 Å². The topological polar surface area (TPSA) is 58.2 Å². The van der Waals surface area contributed by atoms with E-state index >= 15 is 0 Å². The summed E-state index contributed by atoms with van der Waals surface area (Å²) < 4.78 is 0. The molecular formula is C17H17ClN2O2. The summed E-state index contributed by atoms with van der Waals surface area (Å²) in [6, 6.07) is 12.5. The molecule has 0 fully saturated rings. The van der Waals surface area contributed by atoms with Crippen molar-refractivity contribution in [3.63, 3.8) is 0 Å². The van der Waals surface area contributed by atoms with Crippen LogP contribution in [-0.4, -0.2) is 11.8 Å². The summed E-state index contributed by atoms with van der Waals surface area (Å²) in [4.78, 5) is 23.8. The fourth-order valence-electron chi connectivity index (χ4n) is 1.93. The number of carbonyl (C=O) groups is 2. The molecule has 0 aliphatic rings. The fraction of sp³-hybridized carbons (Fsp3) is 0.176. The molecule has 22 heavy (non-hydrogen) atoms. The zero-order valence-corrected chi connectivity index (χ0v) is 13.2. The highest BCUT2D eigenvalue weighted by Crippen LogP contribution is 2.22. The van der Waals surface area contributed by atoms with Crippen LogP contribution in [0.3, 0.4) is 0 Å². The van der Waals surface area contributed by atoms with Gasteiger partial charge in [-0.1, -0.05) is 36.7 Å². The van der Waals surface area contributed by atoms with Crippen molar-refractivity contribution < 1.29 is 9.59 Å². The molecule has 0 saturated heterocycles. The molecule has 0 radical (unpaired) electrons. The molecule has 0 bridgehead atoms. The number of nitrogens with one attached hydrogen (secondary N) is 2. The van der Waals surface area contributed by atoms with Crippen LogP contribution in [-0.2, 0) is 16.0 Å². The van der Waals surface area contributed by atoms with Crippen molar-refractivity contribution in [2.24, 2.45) is 0 Å². The molecule has 2 N–H and O–H groups in total. The largest absolute Gasteiger partial charge is 0.318 e. The minimum absolute atomic E-state index is 0.522. The highest BCUT2D eigenvalue weighted by molar-refractivity contribution is 6.44. The standard InChI is InChI=1S/C17H17ClN2O2/c1-3-12-7-9-13(10-8-12)19-16(21)17(22)20-15-6-4-5-14(18)11(15)2/h4-10H,3H2,1-2H3,(H,19,21)(H,20,22). The van der Waals surface area contributed by atoms with E-state index in [9.17, 15) is 9.59 Å². The smallest absolute Gasteiger partial charge is 0.314 e. The zero-order valence-electron chi connectivity index (χ0n) is 12.4. The molecule has 0 atom stereocenters. The molecule has 0 aromatic heterocycles. The first-order valence-electron chi connectivity index (χ1n) is 6.97. The van der Waals surface area contributed by atoms with Crippen LogP contribution in [0.5, 0.6) is 0 Å². The van der Waals surface area contributed by atoms with Crippen molar-refractivity contribution in [2.45, 2.75) is 20.3 Å². The number of carbonyl (C=O) groups excluding carboxylic acids is 2. The van der Waals surface area contributed by atoms with E-state index in [4.69, 9.17) is 11.6 Å². The molecule has 0 unspecified atom stereocenters. The second-order valence-corrected chi connectivity index (χ2v) is 5.28. The van der Waals surface area contributed by atoms with Gasteiger partial charge in [0.25, 0.3) is 0 Å². The third-order valence-corrected chi connectivity index (χ3v) is 3.75. The third kappa shape index (κ3) is 3.86. The number of anilines is 2. The average molecular weight is 317 g/mol. The van der Waals surface area contributed by atoms with Crippen molar-refractivity contribution in [3.8, 4) is 0 Å². The Morgan fingerprint density at radius 3 is 2.27 bits per heavy atom. The van der Waals surface area contributed by atoms with E-state index in [1.165, 1.54) is 0 Å². The number of hydrogen-bond donors (Lipinski definition) is 2. The predicted octanol–water partition coefficient (Wildman–Crippen LogP) is 3.79. The Hall–Kier alpha value is -2.33. The summed E-state index contributed by atoms with van der Waals surface area (Å²) in [5, 5.41) is 5.66. The summed E-state index contributed by atoms with van der Waals surface area (Å²) in [5.41, 5.74) is 2.99. The van der Waals surface area contributed by atoms with Gasteiger partial charge in [-0.25, -0.2) is 0 Å². The third-order valence-electron chi connectivity index (χ3n) is 3.34. The normalized spacial score (nSPS) is 10.1.